The zero-order chi connectivity index (χ0) is 11.5. The van der Waals surface area contributed by atoms with E-state index >= 15 is 0 Å². The topological polar surface area (TPSA) is 63.9 Å². The smallest absolute Gasteiger partial charge is 0.165 e. The van der Waals surface area contributed by atoms with Gasteiger partial charge in [0, 0.05) is 6.20 Å². The number of nitrogens with zero attached hydrogens (tertiary/aromatic N) is 1. The molecule has 1 heterocycles. The van der Waals surface area contributed by atoms with Crippen LogP contribution < -0.4 is 10.5 Å². The van der Waals surface area contributed by atoms with Gasteiger partial charge in [0.15, 0.2) is 11.6 Å². The van der Waals surface area contributed by atoms with Crippen molar-refractivity contribution in [1.82, 2.24) is 10.2 Å². The van der Waals surface area contributed by atoms with Gasteiger partial charge in [-0.1, -0.05) is 6.07 Å². The van der Waals surface area contributed by atoms with Gasteiger partial charge in [0.1, 0.15) is 0 Å². The molecule has 1 aromatic carbocycles. The molecule has 5 heteroatoms. The van der Waals surface area contributed by atoms with Gasteiger partial charge in [0.25, 0.3) is 0 Å². The molecule has 3 N–H and O–H groups in total. The second-order valence-electron chi connectivity index (χ2n) is 3.38. The quantitative estimate of drug-likeness (QED) is 0.827. The molecule has 0 bridgehead atoms. The first-order valence-electron chi connectivity index (χ1n) is 4.80. The molecule has 0 aliphatic rings. The predicted octanol–water partition coefficient (Wildman–Crippen LogP) is 1.61. The molecule has 2 rings (SSSR count). The Hall–Kier alpha value is -1.88. The van der Waals surface area contributed by atoms with Gasteiger partial charge in [-0.25, -0.2) is 4.39 Å². The first-order valence-corrected chi connectivity index (χ1v) is 4.80. The number of nitrogens with two attached hydrogens (primary N) is 1. The highest BCUT2D eigenvalue weighted by molar-refractivity contribution is 5.33. The second-order valence-corrected chi connectivity index (χ2v) is 3.38. The van der Waals surface area contributed by atoms with Crippen LogP contribution in [0, 0.1) is 5.82 Å². The van der Waals surface area contributed by atoms with Crippen LogP contribution in [0.1, 0.15) is 17.3 Å². The summed E-state index contributed by atoms with van der Waals surface area (Å²) >= 11 is 0. The summed E-state index contributed by atoms with van der Waals surface area (Å²) in [5, 5.41) is 6.56. The number of hydrogen-bond acceptors (Lipinski definition) is 3. The van der Waals surface area contributed by atoms with Crippen LogP contribution in [0.15, 0.2) is 30.5 Å². The van der Waals surface area contributed by atoms with E-state index in [1.165, 1.54) is 13.2 Å². The third-order valence-electron chi connectivity index (χ3n) is 2.39. The molecule has 16 heavy (non-hydrogen) atoms. The molecule has 0 fully saturated rings. The van der Waals surface area contributed by atoms with E-state index in [4.69, 9.17) is 10.5 Å². The molecule has 0 saturated carbocycles. The van der Waals surface area contributed by atoms with E-state index in [0.29, 0.717) is 5.56 Å². The van der Waals surface area contributed by atoms with Crippen LogP contribution in [0.2, 0.25) is 0 Å². The number of H-pyrrole nitrogens is 1. The Kier molecular flexibility index (Phi) is 2.87. The number of benzene rings is 1. The van der Waals surface area contributed by atoms with Crippen LogP contribution >= 0.6 is 0 Å². The number of halogens is 1. The average Bonchev–Trinajstić information content (AvgIpc) is 2.81. The zero-order valence-corrected chi connectivity index (χ0v) is 8.77. The van der Waals surface area contributed by atoms with Crippen molar-refractivity contribution in [3.63, 3.8) is 0 Å². The van der Waals surface area contributed by atoms with Gasteiger partial charge in [-0.05, 0) is 23.8 Å². The maximum atomic E-state index is 13.4. The van der Waals surface area contributed by atoms with Crippen LogP contribution in [-0.2, 0) is 0 Å². The lowest BCUT2D eigenvalue weighted by Gasteiger charge is -2.11. The number of ether oxygens (including phenoxy) is 1. The predicted molar refractivity (Wildman–Crippen MR) is 57.6 cm³/mol. The number of rotatable bonds is 3. The van der Waals surface area contributed by atoms with Gasteiger partial charge in [0.05, 0.1) is 18.8 Å². The van der Waals surface area contributed by atoms with Gasteiger partial charge in [-0.15, -0.1) is 0 Å². The standard InChI is InChI=1S/C11H12FN3O/c1-16-10-3-2-7(6-8(10)12)11(13)9-4-5-14-15-9/h2-6,11H,13H2,1H3,(H,14,15). The van der Waals surface area contributed by atoms with Gasteiger partial charge >= 0.3 is 0 Å². The van der Waals surface area contributed by atoms with E-state index in [9.17, 15) is 4.39 Å². The number of nitrogens with one attached hydrogen (secondary N) is 1. The molecule has 4 nitrogen and oxygen atoms in total. The van der Waals surface area contributed by atoms with Crippen LogP contribution in [-0.4, -0.2) is 17.3 Å². The Morgan fingerprint density at radius 3 is 2.81 bits per heavy atom. The Morgan fingerprint density at radius 1 is 1.44 bits per heavy atom. The molecule has 1 atom stereocenters. The van der Waals surface area contributed by atoms with E-state index in [1.807, 2.05) is 0 Å². The van der Waals surface area contributed by atoms with Crippen molar-refractivity contribution in [1.29, 1.82) is 0 Å². The fraction of sp³-hybridized carbons (Fsp3) is 0.182. The summed E-state index contributed by atoms with van der Waals surface area (Å²) in [5.41, 5.74) is 7.35. The lowest BCUT2D eigenvalue weighted by molar-refractivity contribution is 0.386. The lowest BCUT2D eigenvalue weighted by atomic mass is 10.0. The summed E-state index contributed by atoms with van der Waals surface area (Å²) < 4.78 is 18.3. The SMILES string of the molecule is COc1ccc(C(N)c2ccn[nH]2)cc1F. The summed E-state index contributed by atoms with van der Waals surface area (Å²) in [6.07, 6.45) is 1.61. The maximum Gasteiger partial charge on any atom is 0.165 e. The van der Waals surface area contributed by atoms with E-state index in [0.717, 1.165) is 5.69 Å². The monoisotopic (exact) mass is 221 g/mol. The molecule has 0 amide bonds. The minimum atomic E-state index is -0.421. The van der Waals surface area contributed by atoms with Crippen LogP contribution in [0.5, 0.6) is 5.75 Å². The molecule has 0 aliphatic heterocycles. The summed E-state index contributed by atoms with van der Waals surface area (Å²) in [6.45, 7) is 0. The van der Waals surface area contributed by atoms with Gasteiger partial charge in [0.2, 0.25) is 0 Å². The Bertz CT molecular complexity index is 470. The van der Waals surface area contributed by atoms with E-state index < -0.39 is 11.9 Å². The van der Waals surface area contributed by atoms with Crippen molar-refractivity contribution in [2.24, 2.45) is 5.73 Å². The number of methoxy groups -OCH3 is 1. The van der Waals surface area contributed by atoms with Crippen molar-refractivity contribution in [3.05, 3.63) is 47.5 Å². The first-order chi connectivity index (χ1) is 7.72. The van der Waals surface area contributed by atoms with Crippen LogP contribution in [0.4, 0.5) is 4.39 Å². The molecule has 84 valence electrons. The minimum absolute atomic E-state index is 0.209. The van der Waals surface area contributed by atoms with Crippen LogP contribution in [0.25, 0.3) is 0 Å². The molecular formula is C11H12FN3O. The molecule has 1 aromatic heterocycles. The van der Waals surface area contributed by atoms with E-state index in [1.54, 1.807) is 24.4 Å². The Balaban J connectivity index is 2.31. The molecule has 1 unspecified atom stereocenters. The van der Waals surface area contributed by atoms with Crippen molar-refractivity contribution >= 4 is 0 Å². The van der Waals surface area contributed by atoms with Gasteiger partial charge < -0.3 is 10.5 Å². The number of aromatic amines is 1. The molecule has 0 radical (unpaired) electrons. The van der Waals surface area contributed by atoms with Crippen molar-refractivity contribution in [2.75, 3.05) is 7.11 Å². The Morgan fingerprint density at radius 2 is 2.25 bits per heavy atom. The molecule has 2 aromatic rings. The number of aromatic nitrogens is 2. The molecular weight excluding hydrogens is 209 g/mol. The van der Waals surface area contributed by atoms with Gasteiger partial charge in [-0.2, -0.15) is 5.10 Å². The van der Waals surface area contributed by atoms with Crippen LogP contribution in [0.3, 0.4) is 0 Å². The highest BCUT2D eigenvalue weighted by atomic mass is 19.1. The summed E-state index contributed by atoms with van der Waals surface area (Å²) in [6, 6.07) is 5.99. The second kappa shape index (κ2) is 4.32. The summed E-state index contributed by atoms with van der Waals surface area (Å²) in [7, 11) is 1.42. The fourth-order valence-electron chi connectivity index (χ4n) is 1.50. The third kappa shape index (κ3) is 1.90. The zero-order valence-electron chi connectivity index (χ0n) is 8.77. The molecule has 0 saturated heterocycles. The third-order valence-corrected chi connectivity index (χ3v) is 2.39. The van der Waals surface area contributed by atoms with Gasteiger partial charge in [-0.3, -0.25) is 5.10 Å². The van der Waals surface area contributed by atoms with E-state index in [2.05, 4.69) is 10.2 Å². The lowest BCUT2D eigenvalue weighted by Crippen LogP contribution is -2.12. The summed E-state index contributed by atoms with van der Waals surface area (Å²) in [5.74, 6) is -0.212. The van der Waals surface area contributed by atoms with Crippen molar-refractivity contribution in [3.8, 4) is 5.75 Å². The molecule has 0 spiro atoms. The highest BCUT2D eigenvalue weighted by Crippen LogP contribution is 2.23. The Labute approximate surface area is 92.2 Å². The largest absolute Gasteiger partial charge is 0.494 e. The minimum Gasteiger partial charge on any atom is -0.494 e. The van der Waals surface area contributed by atoms with Crippen molar-refractivity contribution < 1.29 is 9.13 Å². The van der Waals surface area contributed by atoms with E-state index in [-0.39, 0.29) is 5.75 Å². The molecule has 0 aliphatic carbocycles. The highest BCUT2D eigenvalue weighted by Gasteiger charge is 2.12. The first kappa shape index (κ1) is 10.6. The normalized spacial score (nSPS) is 12.4. The summed E-state index contributed by atoms with van der Waals surface area (Å²) in [4.78, 5) is 0. The maximum absolute atomic E-state index is 13.4. The number of hydrogen-bond donors (Lipinski definition) is 2. The average molecular weight is 221 g/mol. The van der Waals surface area contributed by atoms with Crippen molar-refractivity contribution in [2.45, 2.75) is 6.04 Å². The fourth-order valence-corrected chi connectivity index (χ4v) is 1.50.